The highest BCUT2D eigenvalue weighted by Gasteiger charge is 2.29. The van der Waals surface area contributed by atoms with Gasteiger partial charge in [-0.1, -0.05) is 78.9 Å². The van der Waals surface area contributed by atoms with Gasteiger partial charge in [0.15, 0.2) is 0 Å². The zero-order valence-electron chi connectivity index (χ0n) is 18.6. The highest BCUT2D eigenvalue weighted by molar-refractivity contribution is 5.81. The zero-order valence-corrected chi connectivity index (χ0v) is 18.6. The predicted molar refractivity (Wildman–Crippen MR) is 126 cm³/mol. The molecule has 0 bridgehead atoms. The van der Waals surface area contributed by atoms with Crippen molar-refractivity contribution in [3.8, 4) is 11.1 Å². The summed E-state index contributed by atoms with van der Waals surface area (Å²) in [6.07, 6.45) is -0.532. The Bertz CT molecular complexity index is 992. The van der Waals surface area contributed by atoms with Crippen LogP contribution in [0.25, 0.3) is 11.1 Å². The largest absolute Gasteiger partial charge is 0.480 e. The van der Waals surface area contributed by atoms with Crippen LogP contribution in [0, 0.1) is 0 Å². The van der Waals surface area contributed by atoms with Crippen LogP contribution < -0.4 is 5.32 Å². The van der Waals surface area contributed by atoms with Gasteiger partial charge in [-0.15, -0.1) is 0 Å². The molecule has 0 unspecified atom stereocenters. The third-order valence-corrected chi connectivity index (χ3v) is 5.22. The third kappa shape index (κ3) is 6.41. The van der Waals surface area contributed by atoms with Crippen LogP contribution in [0.3, 0.4) is 0 Å². The quantitative estimate of drug-likeness (QED) is 0.456. The molecule has 1 atom stereocenters. The van der Waals surface area contributed by atoms with E-state index in [1.54, 1.807) is 0 Å². The summed E-state index contributed by atoms with van der Waals surface area (Å²) in [5.41, 5.74) is 5.34. The van der Waals surface area contributed by atoms with Gasteiger partial charge in [0.25, 0.3) is 0 Å². The maximum Gasteiger partial charge on any atom is 0.407 e. The number of nitrogens with one attached hydrogen (secondary N) is 1. The highest BCUT2D eigenvalue weighted by atomic mass is 16.5. The molecule has 33 heavy (non-hydrogen) atoms. The molecule has 3 aromatic carbocycles. The number of carbonyl (C=O) groups is 2. The van der Waals surface area contributed by atoms with Gasteiger partial charge in [-0.2, -0.15) is 0 Å². The molecular formula is C26H29NO6. The van der Waals surface area contributed by atoms with E-state index in [9.17, 15) is 14.7 Å². The van der Waals surface area contributed by atoms with Gasteiger partial charge in [0.1, 0.15) is 12.6 Å². The second-order valence-electron chi connectivity index (χ2n) is 7.05. The van der Waals surface area contributed by atoms with Crippen molar-refractivity contribution in [2.75, 3.05) is 20.8 Å². The lowest BCUT2D eigenvalue weighted by Gasteiger charge is -2.17. The van der Waals surface area contributed by atoms with Crippen molar-refractivity contribution in [2.45, 2.75) is 18.4 Å². The van der Waals surface area contributed by atoms with Crippen molar-refractivity contribution < 1.29 is 29.6 Å². The summed E-state index contributed by atoms with van der Waals surface area (Å²) in [5, 5.41) is 25.9. The average molecular weight is 452 g/mol. The topological polar surface area (TPSA) is 116 Å². The summed E-state index contributed by atoms with van der Waals surface area (Å²) in [6, 6.07) is 24.3. The van der Waals surface area contributed by atoms with Crippen molar-refractivity contribution in [1.82, 2.24) is 5.32 Å². The minimum Gasteiger partial charge on any atom is -0.480 e. The van der Waals surface area contributed by atoms with Gasteiger partial charge in [0.2, 0.25) is 0 Å². The monoisotopic (exact) mass is 451 g/mol. The van der Waals surface area contributed by atoms with Crippen LogP contribution in [-0.2, 0) is 16.0 Å². The Labute approximate surface area is 193 Å². The number of aliphatic hydroxyl groups is 2. The first-order chi connectivity index (χ1) is 16.1. The van der Waals surface area contributed by atoms with E-state index in [0.717, 1.165) is 42.0 Å². The van der Waals surface area contributed by atoms with Gasteiger partial charge in [0.05, 0.1) is 0 Å². The molecule has 0 saturated heterocycles. The molecule has 0 heterocycles. The summed E-state index contributed by atoms with van der Waals surface area (Å²) < 4.78 is 5.44. The third-order valence-electron chi connectivity index (χ3n) is 5.22. The first kappa shape index (κ1) is 25.6. The maximum atomic E-state index is 12.3. The van der Waals surface area contributed by atoms with Crippen LogP contribution >= 0.6 is 0 Å². The van der Waals surface area contributed by atoms with Crippen LogP contribution in [0.2, 0.25) is 0 Å². The molecule has 3 aromatic rings. The van der Waals surface area contributed by atoms with Crippen LogP contribution in [0.4, 0.5) is 4.79 Å². The number of benzene rings is 3. The summed E-state index contributed by atoms with van der Waals surface area (Å²) in [7, 11) is 2.00. The van der Waals surface area contributed by atoms with Gasteiger partial charge >= 0.3 is 12.1 Å². The number of rotatable bonds is 6. The first-order valence-corrected chi connectivity index (χ1v) is 10.4. The molecular weight excluding hydrogens is 422 g/mol. The van der Waals surface area contributed by atoms with Crippen LogP contribution in [0.1, 0.15) is 22.6 Å². The molecule has 174 valence electrons. The smallest absolute Gasteiger partial charge is 0.407 e. The standard InChI is InChI=1S/C24H21NO4.2CH4O/c26-23(27)22(14-16-8-2-1-3-9-16)25-24(28)29-15-21-19-12-6-4-10-17(19)18-11-5-7-13-20(18)21;2*1-2/h1-13,21-22H,14-15H2,(H,25,28)(H,26,27);2*2H,1H3/t22-;;/m0../s1. The molecule has 1 aliphatic rings. The van der Waals surface area contributed by atoms with Crippen molar-refractivity contribution in [3.63, 3.8) is 0 Å². The van der Waals surface area contributed by atoms with Gasteiger partial charge in [-0.3, -0.25) is 0 Å². The van der Waals surface area contributed by atoms with Crippen molar-refractivity contribution in [2.24, 2.45) is 0 Å². The second-order valence-corrected chi connectivity index (χ2v) is 7.05. The summed E-state index contributed by atoms with van der Waals surface area (Å²) in [4.78, 5) is 23.9. The number of ether oxygens (including phenoxy) is 1. The van der Waals surface area contributed by atoms with E-state index in [1.165, 1.54) is 0 Å². The number of carboxylic acid groups (broad SMARTS) is 1. The molecule has 4 N–H and O–H groups in total. The Morgan fingerprint density at radius 3 is 1.82 bits per heavy atom. The van der Waals surface area contributed by atoms with Gasteiger partial charge in [-0.05, 0) is 27.8 Å². The molecule has 0 aliphatic heterocycles. The zero-order chi connectivity index (χ0) is 24.2. The molecule has 0 saturated carbocycles. The number of aliphatic carboxylic acids is 1. The minimum absolute atomic E-state index is 0.0643. The van der Waals surface area contributed by atoms with E-state index in [0.29, 0.717) is 0 Å². The van der Waals surface area contributed by atoms with E-state index < -0.39 is 18.1 Å². The normalized spacial score (nSPS) is 12.0. The van der Waals surface area contributed by atoms with Crippen LogP contribution in [0.15, 0.2) is 78.9 Å². The lowest BCUT2D eigenvalue weighted by atomic mass is 9.98. The number of hydrogen-bond acceptors (Lipinski definition) is 5. The lowest BCUT2D eigenvalue weighted by molar-refractivity contribution is -0.139. The molecule has 4 rings (SSSR count). The molecule has 7 heteroatoms. The summed E-state index contributed by atoms with van der Waals surface area (Å²) in [5.74, 6) is -1.16. The predicted octanol–water partition coefficient (Wildman–Crippen LogP) is 3.44. The maximum absolute atomic E-state index is 12.3. The fourth-order valence-corrected chi connectivity index (χ4v) is 3.83. The number of amides is 1. The number of hydrogen-bond donors (Lipinski definition) is 4. The summed E-state index contributed by atoms with van der Waals surface area (Å²) >= 11 is 0. The fourth-order valence-electron chi connectivity index (χ4n) is 3.83. The number of fused-ring (bicyclic) bond motifs is 3. The van der Waals surface area contributed by atoms with Gasteiger partial charge in [-0.25, -0.2) is 9.59 Å². The molecule has 1 aliphatic carbocycles. The Kier molecular flexibility index (Phi) is 10.1. The van der Waals surface area contributed by atoms with E-state index >= 15 is 0 Å². The van der Waals surface area contributed by atoms with E-state index in [4.69, 9.17) is 14.9 Å². The van der Waals surface area contributed by atoms with Crippen molar-refractivity contribution >= 4 is 12.1 Å². The highest BCUT2D eigenvalue weighted by Crippen LogP contribution is 2.44. The molecule has 0 fully saturated rings. The molecule has 0 spiro atoms. The Morgan fingerprint density at radius 2 is 1.30 bits per heavy atom. The van der Waals surface area contributed by atoms with Crippen LogP contribution in [0.5, 0.6) is 0 Å². The molecule has 1 amide bonds. The van der Waals surface area contributed by atoms with Crippen molar-refractivity contribution in [3.05, 3.63) is 95.6 Å². The van der Waals surface area contributed by atoms with Gasteiger partial charge in [0, 0.05) is 26.6 Å². The number of aliphatic hydroxyl groups excluding tert-OH is 2. The first-order valence-electron chi connectivity index (χ1n) is 10.4. The van der Waals surface area contributed by atoms with Crippen LogP contribution in [-0.4, -0.2) is 54.3 Å². The number of carbonyl (C=O) groups excluding carboxylic acids is 1. The van der Waals surface area contributed by atoms with Crippen molar-refractivity contribution in [1.29, 1.82) is 0 Å². The molecule has 0 radical (unpaired) electrons. The Balaban J connectivity index is 0.000000914. The lowest BCUT2D eigenvalue weighted by Crippen LogP contribution is -2.42. The Morgan fingerprint density at radius 1 is 0.818 bits per heavy atom. The SMILES string of the molecule is CO.CO.O=C(N[C@@H](Cc1ccccc1)C(=O)O)OCC1c2ccccc2-c2ccccc21. The number of carboxylic acids is 1. The second kappa shape index (κ2) is 13.0. The Hall–Kier alpha value is -3.68. The molecule has 7 nitrogen and oxygen atoms in total. The summed E-state index contributed by atoms with van der Waals surface area (Å²) in [6.45, 7) is 0.150. The van der Waals surface area contributed by atoms with E-state index in [2.05, 4.69) is 17.4 Å². The molecule has 0 aromatic heterocycles. The number of alkyl carbamates (subject to hydrolysis) is 1. The van der Waals surface area contributed by atoms with Gasteiger partial charge < -0.3 is 25.4 Å². The fraction of sp³-hybridized carbons (Fsp3) is 0.231. The average Bonchev–Trinajstić information content (AvgIpc) is 3.19. The minimum atomic E-state index is -1.10. The van der Waals surface area contributed by atoms with E-state index in [-0.39, 0.29) is 18.9 Å². The van der Waals surface area contributed by atoms with E-state index in [1.807, 2.05) is 66.7 Å².